The smallest absolute Gasteiger partial charge is 0.225 e. The van der Waals surface area contributed by atoms with Crippen molar-refractivity contribution in [1.29, 1.82) is 0 Å². The van der Waals surface area contributed by atoms with Crippen LogP contribution in [-0.2, 0) is 11.3 Å². The molecule has 1 unspecified atom stereocenters. The maximum atomic E-state index is 12.6. The second kappa shape index (κ2) is 8.22. The molecular formula is C19H20BrN5OS. The predicted octanol–water partition coefficient (Wildman–Crippen LogP) is 3.62. The lowest BCUT2D eigenvalue weighted by atomic mass is 9.97. The minimum atomic E-state index is -0.0233. The number of nitrogens with zero attached hydrogens (tertiary/aromatic N) is 4. The molecule has 0 saturated carbocycles. The highest BCUT2D eigenvalue weighted by Gasteiger charge is 2.27. The van der Waals surface area contributed by atoms with Gasteiger partial charge >= 0.3 is 0 Å². The van der Waals surface area contributed by atoms with Crippen LogP contribution in [-0.4, -0.2) is 33.8 Å². The molecule has 1 aromatic carbocycles. The number of aromatic nitrogens is 3. The second-order valence-electron chi connectivity index (χ2n) is 6.59. The molecule has 0 radical (unpaired) electrons. The van der Waals surface area contributed by atoms with Gasteiger partial charge in [0.05, 0.1) is 5.92 Å². The van der Waals surface area contributed by atoms with Crippen LogP contribution in [0.2, 0.25) is 0 Å². The lowest BCUT2D eigenvalue weighted by Crippen LogP contribution is -2.43. The average Bonchev–Trinajstić information content (AvgIpc) is 3.38. The standard InChI is InChI=1S/C19H20BrN5OS/c20-16-7-3-5-14(11-16)12-21-17(26)15-6-4-10-25(13-15)19-23-22-18(27-19)24-8-1-2-9-24/h1-3,5,7-9,11,15H,4,6,10,12-13H2,(H,21,26). The van der Waals surface area contributed by atoms with Gasteiger partial charge in [-0.1, -0.05) is 39.4 Å². The molecule has 2 aromatic heterocycles. The van der Waals surface area contributed by atoms with Gasteiger partial charge < -0.3 is 10.2 Å². The number of nitrogens with one attached hydrogen (secondary N) is 1. The summed E-state index contributed by atoms with van der Waals surface area (Å²) in [6.45, 7) is 2.14. The quantitative estimate of drug-likeness (QED) is 0.651. The van der Waals surface area contributed by atoms with Crippen molar-refractivity contribution in [3.8, 4) is 5.13 Å². The van der Waals surface area contributed by atoms with Gasteiger partial charge in [-0.15, -0.1) is 10.2 Å². The number of hydrogen-bond acceptors (Lipinski definition) is 5. The highest BCUT2D eigenvalue weighted by molar-refractivity contribution is 9.10. The zero-order valence-electron chi connectivity index (χ0n) is 14.7. The summed E-state index contributed by atoms with van der Waals surface area (Å²) in [4.78, 5) is 14.8. The molecule has 1 saturated heterocycles. The number of halogens is 1. The summed E-state index contributed by atoms with van der Waals surface area (Å²) in [5.41, 5.74) is 1.09. The number of carbonyl (C=O) groups is 1. The van der Waals surface area contributed by atoms with E-state index in [1.807, 2.05) is 53.4 Å². The van der Waals surface area contributed by atoms with Crippen LogP contribution in [0.3, 0.4) is 0 Å². The van der Waals surface area contributed by atoms with Gasteiger partial charge in [0.15, 0.2) is 0 Å². The number of amides is 1. The van der Waals surface area contributed by atoms with Crippen molar-refractivity contribution in [2.45, 2.75) is 19.4 Å². The Morgan fingerprint density at radius 2 is 2.04 bits per heavy atom. The average molecular weight is 446 g/mol. The molecule has 27 heavy (non-hydrogen) atoms. The van der Waals surface area contributed by atoms with Crippen molar-refractivity contribution >= 4 is 38.3 Å². The van der Waals surface area contributed by atoms with E-state index in [4.69, 9.17) is 0 Å². The Balaban J connectivity index is 1.37. The first-order chi connectivity index (χ1) is 13.2. The number of piperidine rings is 1. The first kappa shape index (κ1) is 18.2. The van der Waals surface area contributed by atoms with Gasteiger partial charge in [0.2, 0.25) is 16.2 Å². The van der Waals surface area contributed by atoms with Crippen LogP contribution < -0.4 is 10.2 Å². The summed E-state index contributed by atoms with van der Waals surface area (Å²) >= 11 is 5.02. The molecule has 1 amide bonds. The molecule has 1 aliphatic heterocycles. The maximum absolute atomic E-state index is 12.6. The normalized spacial score (nSPS) is 17.1. The van der Waals surface area contributed by atoms with Gasteiger partial charge in [-0.25, -0.2) is 0 Å². The van der Waals surface area contributed by atoms with Gasteiger partial charge in [0.25, 0.3) is 0 Å². The van der Waals surface area contributed by atoms with Crippen LogP contribution in [0, 0.1) is 5.92 Å². The third kappa shape index (κ3) is 4.39. The van der Waals surface area contributed by atoms with Gasteiger partial charge in [0, 0.05) is 36.5 Å². The summed E-state index contributed by atoms with van der Waals surface area (Å²) in [6.07, 6.45) is 5.80. The number of carbonyl (C=O) groups excluding carboxylic acids is 1. The Bertz CT molecular complexity index is 910. The Morgan fingerprint density at radius 3 is 2.85 bits per heavy atom. The van der Waals surface area contributed by atoms with Gasteiger partial charge in [-0.2, -0.15) is 0 Å². The van der Waals surface area contributed by atoms with Crippen LogP contribution in [0.5, 0.6) is 0 Å². The van der Waals surface area contributed by atoms with E-state index in [9.17, 15) is 4.79 Å². The van der Waals surface area contributed by atoms with E-state index in [-0.39, 0.29) is 11.8 Å². The van der Waals surface area contributed by atoms with E-state index in [0.717, 1.165) is 39.7 Å². The number of hydrogen-bond donors (Lipinski definition) is 1. The first-order valence-electron chi connectivity index (χ1n) is 8.93. The maximum Gasteiger partial charge on any atom is 0.225 e. The molecule has 140 valence electrons. The fraction of sp³-hybridized carbons (Fsp3) is 0.316. The second-order valence-corrected chi connectivity index (χ2v) is 8.44. The van der Waals surface area contributed by atoms with E-state index in [1.165, 1.54) is 0 Å². The molecule has 1 N–H and O–H groups in total. The van der Waals surface area contributed by atoms with Crippen molar-refractivity contribution < 1.29 is 4.79 Å². The SMILES string of the molecule is O=C(NCc1cccc(Br)c1)C1CCCN(c2nnc(-n3cccc3)s2)C1. The summed E-state index contributed by atoms with van der Waals surface area (Å²) < 4.78 is 2.97. The summed E-state index contributed by atoms with van der Waals surface area (Å²) in [6, 6.07) is 11.9. The number of anilines is 1. The summed E-state index contributed by atoms with van der Waals surface area (Å²) in [5, 5.41) is 13.4. The van der Waals surface area contributed by atoms with Crippen LogP contribution in [0.25, 0.3) is 5.13 Å². The molecule has 0 bridgehead atoms. The molecule has 4 rings (SSSR count). The Labute approximate surface area is 170 Å². The Hall–Kier alpha value is -2.19. The fourth-order valence-electron chi connectivity index (χ4n) is 3.25. The van der Waals surface area contributed by atoms with Gasteiger partial charge in [-0.05, 0) is 42.7 Å². The van der Waals surface area contributed by atoms with Gasteiger partial charge in [0.1, 0.15) is 0 Å². The van der Waals surface area contributed by atoms with Gasteiger partial charge in [-0.3, -0.25) is 9.36 Å². The third-order valence-electron chi connectivity index (χ3n) is 4.65. The van der Waals surface area contributed by atoms with Crippen molar-refractivity contribution in [3.63, 3.8) is 0 Å². The molecule has 0 aliphatic carbocycles. The third-order valence-corrected chi connectivity index (χ3v) is 6.14. The molecule has 1 aliphatic rings. The summed E-state index contributed by atoms with van der Waals surface area (Å²) in [5.74, 6) is 0.0830. The molecular weight excluding hydrogens is 426 g/mol. The van der Waals surface area contributed by atoms with Crippen LogP contribution >= 0.6 is 27.3 Å². The van der Waals surface area contributed by atoms with Crippen LogP contribution in [0.4, 0.5) is 5.13 Å². The largest absolute Gasteiger partial charge is 0.352 e. The topological polar surface area (TPSA) is 63.1 Å². The minimum Gasteiger partial charge on any atom is -0.352 e. The molecule has 8 heteroatoms. The zero-order chi connectivity index (χ0) is 18.6. The lowest BCUT2D eigenvalue weighted by Gasteiger charge is -2.31. The zero-order valence-corrected chi connectivity index (χ0v) is 17.1. The summed E-state index contributed by atoms with van der Waals surface area (Å²) in [7, 11) is 0. The molecule has 6 nitrogen and oxygen atoms in total. The van der Waals surface area contributed by atoms with Crippen molar-refractivity contribution in [2.75, 3.05) is 18.0 Å². The van der Waals surface area contributed by atoms with E-state index >= 15 is 0 Å². The van der Waals surface area contributed by atoms with Crippen molar-refractivity contribution in [1.82, 2.24) is 20.1 Å². The molecule has 0 spiro atoms. The van der Waals surface area contributed by atoms with E-state index < -0.39 is 0 Å². The molecule has 1 fully saturated rings. The monoisotopic (exact) mass is 445 g/mol. The van der Waals surface area contributed by atoms with Crippen LogP contribution in [0.1, 0.15) is 18.4 Å². The van der Waals surface area contributed by atoms with Crippen molar-refractivity contribution in [2.24, 2.45) is 5.92 Å². The molecule has 3 aromatic rings. The van der Waals surface area contributed by atoms with E-state index in [1.54, 1.807) is 11.3 Å². The van der Waals surface area contributed by atoms with E-state index in [0.29, 0.717) is 13.1 Å². The minimum absolute atomic E-state index is 0.0233. The predicted molar refractivity (Wildman–Crippen MR) is 110 cm³/mol. The van der Waals surface area contributed by atoms with Crippen LogP contribution in [0.15, 0.2) is 53.3 Å². The molecule has 1 atom stereocenters. The van der Waals surface area contributed by atoms with Crippen molar-refractivity contribution in [3.05, 3.63) is 58.8 Å². The fourth-order valence-corrected chi connectivity index (χ4v) is 4.54. The lowest BCUT2D eigenvalue weighted by molar-refractivity contribution is -0.125. The highest BCUT2D eigenvalue weighted by atomic mass is 79.9. The molecule has 3 heterocycles. The Morgan fingerprint density at radius 1 is 1.22 bits per heavy atom. The Kier molecular flexibility index (Phi) is 5.54. The number of rotatable bonds is 5. The number of benzene rings is 1. The first-order valence-corrected chi connectivity index (χ1v) is 10.5. The highest BCUT2D eigenvalue weighted by Crippen LogP contribution is 2.28. The van der Waals surface area contributed by atoms with E-state index in [2.05, 4.69) is 36.3 Å².